The SMILES string of the molecule is OC1C=C(Cc2nc(-c3ccccc3)cs2)CCC1. The Labute approximate surface area is 117 Å². The van der Waals surface area contributed by atoms with E-state index in [2.05, 4.69) is 17.5 Å². The molecule has 1 unspecified atom stereocenters. The number of aromatic nitrogens is 1. The molecule has 0 fully saturated rings. The molecule has 19 heavy (non-hydrogen) atoms. The summed E-state index contributed by atoms with van der Waals surface area (Å²) < 4.78 is 0. The number of nitrogens with zero attached hydrogens (tertiary/aromatic N) is 1. The van der Waals surface area contributed by atoms with Crippen molar-refractivity contribution in [1.82, 2.24) is 4.98 Å². The van der Waals surface area contributed by atoms with Crippen molar-refractivity contribution in [2.24, 2.45) is 0 Å². The summed E-state index contributed by atoms with van der Waals surface area (Å²) in [6, 6.07) is 10.3. The molecule has 1 aliphatic rings. The molecule has 0 radical (unpaired) electrons. The largest absolute Gasteiger partial charge is 0.389 e. The number of aliphatic hydroxyl groups excluding tert-OH is 1. The van der Waals surface area contributed by atoms with Crippen molar-refractivity contribution in [2.75, 3.05) is 0 Å². The third-order valence-corrected chi connectivity index (χ3v) is 4.27. The van der Waals surface area contributed by atoms with Crippen LogP contribution in [-0.2, 0) is 6.42 Å². The summed E-state index contributed by atoms with van der Waals surface area (Å²) in [5, 5.41) is 12.9. The van der Waals surface area contributed by atoms with Crippen LogP contribution in [0.25, 0.3) is 11.3 Å². The number of allylic oxidation sites excluding steroid dienone is 1. The minimum absolute atomic E-state index is 0.252. The van der Waals surface area contributed by atoms with Crippen LogP contribution in [0.1, 0.15) is 24.3 Å². The summed E-state index contributed by atoms with van der Waals surface area (Å²) in [4.78, 5) is 4.70. The van der Waals surface area contributed by atoms with Crippen molar-refractivity contribution < 1.29 is 5.11 Å². The molecule has 0 amide bonds. The Bertz CT molecular complexity index is 573. The Morgan fingerprint density at radius 3 is 2.89 bits per heavy atom. The normalized spacial score (nSPS) is 19.2. The van der Waals surface area contributed by atoms with E-state index in [1.54, 1.807) is 11.3 Å². The van der Waals surface area contributed by atoms with Crippen LogP contribution in [0.15, 0.2) is 47.4 Å². The quantitative estimate of drug-likeness (QED) is 0.861. The van der Waals surface area contributed by atoms with Gasteiger partial charge in [-0.15, -0.1) is 11.3 Å². The third-order valence-electron chi connectivity index (χ3n) is 3.43. The van der Waals surface area contributed by atoms with Crippen LogP contribution in [0.3, 0.4) is 0 Å². The average Bonchev–Trinajstić information content (AvgIpc) is 2.88. The van der Waals surface area contributed by atoms with Crippen molar-refractivity contribution >= 4 is 11.3 Å². The fraction of sp³-hybridized carbons (Fsp3) is 0.312. The highest BCUT2D eigenvalue weighted by Gasteiger charge is 2.13. The van der Waals surface area contributed by atoms with E-state index in [9.17, 15) is 5.11 Å². The molecule has 0 aliphatic heterocycles. The van der Waals surface area contributed by atoms with Gasteiger partial charge in [0, 0.05) is 17.4 Å². The number of hydrogen-bond donors (Lipinski definition) is 1. The van der Waals surface area contributed by atoms with Crippen molar-refractivity contribution in [3.05, 3.63) is 52.4 Å². The van der Waals surface area contributed by atoms with Gasteiger partial charge in [0.1, 0.15) is 0 Å². The first kappa shape index (κ1) is 12.6. The number of hydrogen-bond acceptors (Lipinski definition) is 3. The molecule has 0 bridgehead atoms. The fourth-order valence-corrected chi connectivity index (χ4v) is 3.31. The minimum Gasteiger partial charge on any atom is -0.389 e. The lowest BCUT2D eigenvalue weighted by atomic mass is 9.95. The van der Waals surface area contributed by atoms with E-state index in [0.717, 1.165) is 36.4 Å². The van der Waals surface area contributed by atoms with E-state index in [0.29, 0.717) is 0 Å². The summed E-state index contributed by atoms with van der Waals surface area (Å²) in [6.07, 6.45) is 5.72. The van der Waals surface area contributed by atoms with Gasteiger partial charge in [-0.3, -0.25) is 0 Å². The van der Waals surface area contributed by atoms with E-state index in [4.69, 9.17) is 4.98 Å². The van der Waals surface area contributed by atoms with Crippen LogP contribution >= 0.6 is 11.3 Å². The predicted molar refractivity (Wildman–Crippen MR) is 79.2 cm³/mol. The summed E-state index contributed by atoms with van der Waals surface area (Å²) in [5.41, 5.74) is 3.55. The van der Waals surface area contributed by atoms with E-state index in [1.165, 1.54) is 11.1 Å². The Morgan fingerprint density at radius 1 is 1.26 bits per heavy atom. The summed E-state index contributed by atoms with van der Waals surface area (Å²) in [5.74, 6) is 0. The van der Waals surface area contributed by atoms with Gasteiger partial charge in [0.25, 0.3) is 0 Å². The summed E-state index contributed by atoms with van der Waals surface area (Å²) in [7, 11) is 0. The van der Waals surface area contributed by atoms with Gasteiger partial charge in [-0.25, -0.2) is 4.98 Å². The van der Waals surface area contributed by atoms with Gasteiger partial charge in [0.05, 0.1) is 16.8 Å². The maximum atomic E-state index is 9.65. The van der Waals surface area contributed by atoms with Gasteiger partial charge in [-0.05, 0) is 19.3 Å². The average molecular weight is 271 g/mol. The minimum atomic E-state index is -0.252. The Morgan fingerprint density at radius 2 is 2.11 bits per heavy atom. The molecule has 98 valence electrons. The standard InChI is InChI=1S/C16H17NOS/c18-14-8-4-5-12(9-14)10-16-17-15(11-19-16)13-6-2-1-3-7-13/h1-3,6-7,9,11,14,18H,4-5,8,10H2. The van der Waals surface area contributed by atoms with Crippen molar-refractivity contribution in [3.63, 3.8) is 0 Å². The van der Waals surface area contributed by atoms with Crippen LogP contribution in [0.4, 0.5) is 0 Å². The zero-order chi connectivity index (χ0) is 13.1. The van der Waals surface area contributed by atoms with Crippen molar-refractivity contribution in [1.29, 1.82) is 0 Å². The second kappa shape index (κ2) is 5.68. The van der Waals surface area contributed by atoms with Crippen LogP contribution in [0.2, 0.25) is 0 Å². The lowest BCUT2D eigenvalue weighted by molar-refractivity contribution is 0.202. The maximum absolute atomic E-state index is 9.65. The molecule has 3 heteroatoms. The first-order valence-corrected chi connectivity index (χ1v) is 7.57. The van der Waals surface area contributed by atoms with Gasteiger partial charge in [-0.1, -0.05) is 42.0 Å². The highest BCUT2D eigenvalue weighted by Crippen LogP contribution is 2.26. The van der Waals surface area contributed by atoms with E-state index >= 15 is 0 Å². The monoisotopic (exact) mass is 271 g/mol. The molecular weight excluding hydrogens is 254 g/mol. The molecule has 1 aromatic carbocycles. The van der Waals surface area contributed by atoms with E-state index < -0.39 is 0 Å². The smallest absolute Gasteiger partial charge is 0.0973 e. The molecule has 2 nitrogen and oxygen atoms in total. The van der Waals surface area contributed by atoms with E-state index in [-0.39, 0.29) is 6.10 Å². The van der Waals surface area contributed by atoms with Crippen LogP contribution in [0.5, 0.6) is 0 Å². The Hall–Kier alpha value is -1.45. The topological polar surface area (TPSA) is 33.1 Å². The van der Waals surface area contributed by atoms with Crippen LogP contribution < -0.4 is 0 Å². The highest BCUT2D eigenvalue weighted by atomic mass is 32.1. The molecule has 0 saturated carbocycles. The maximum Gasteiger partial charge on any atom is 0.0973 e. The fourth-order valence-electron chi connectivity index (χ4n) is 2.45. The first-order chi connectivity index (χ1) is 9.31. The van der Waals surface area contributed by atoms with Gasteiger partial charge < -0.3 is 5.11 Å². The van der Waals surface area contributed by atoms with Crippen molar-refractivity contribution in [3.8, 4) is 11.3 Å². The molecule has 1 atom stereocenters. The zero-order valence-electron chi connectivity index (χ0n) is 10.7. The molecule has 1 N–H and O–H groups in total. The number of benzene rings is 1. The van der Waals surface area contributed by atoms with Gasteiger partial charge >= 0.3 is 0 Å². The molecule has 1 heterocycles. The first-order valence-electron chi connectivity index (χ1n) is 6.69. The van der Waals surface area contributed by atoms with Gasteiger partial charge in [0.2, 0.25) is 0 Å². The van der Waals surface area contributed by atoms with Gasteiger partial charge in [0.15, 0.2) is 0 Å². The lowest BCUT2D eigenvalue weighted by Gasteiger charge is -2.15. The number of rotatable bonds is 3. The van der Waals surface area contributed by atoms with Crippen LogP contribution in [0, 0.1) is 0 Å². The summed E-state index contributed by atoms with van der Waals surface area (Å²) >= 11 is 1.71. The highest BCUT2D eigenvalue weighted by molar-refractivity contribution is 7.10. The Balaban J connectivity index is 1.75. The molecule has 3 rings (SSSR count). The van der Waals surface area contributed by atoms with E-state index in [1.807, 2.05) is 24.3 Å². The number of aliphatic hydroxyl groups is 1. The molecule has 2 aromatic rings. The van der Waals surface area contributed by atoms with Crippen molar-refractivity contribution in [2.45, 2.75) is 31.8 Å². The predicted octanol–water partition coefficient (Wildman–Crippen LogP) is 3.82. The molecular formula is C16H17NOS. The molecule has 0 spiro atoms. The Kier molecular flexibility index (Phi) is 3.76. The second-order valence-electron chi connectivity index (χ2n) is 4.95. The van der Waals surface area contributed by atoms with Crippen LogP contribution in [-0.4, -0.2) is 16.2 Å². The zero-order valence-corrected chi connectivity index (χ0v) is 11.6. The molecule has 0 saturated heterocycles. The molecule has 1 aromatic heterocycles. The summed E-state index contributed by atoms with van der Waals surface area (Å²) in [6.45, 7) is 0. The molecule has 1 aliphatic carbocycles. The second-order valence-corrected chi connectivity index (χ2v) is 5.90. The number of thiazole rings is 1. The van der Waals surface area contributed by atoms with Gasteiger partial charge in [-0.2, -0.15) is 0 Å². The third kappa shape index (κ3) is 3.11. The lowest BCUT2D eigenvalue weighted by Crippen LogP contribution is -2.10.